The fourth-order valence-electron chi connectivity index (χ4n) is 3.18. The van der Waals surface area contributed by atoms with Gasteiger partial charge in [-0.05, 0) is 31.2 Å². The monoisotopic (exact) mass is 310 g/mol. The summed E-state index contributed by atoms with van der Waals surface area (Å²) in [5.74, 6) is 0.794. The van der Waals surface area contributed by atoms with Gasteiger partial charge in [-0.15, -0.1) is 0 Å². The van der Waals surface area contributed by atoms with E-state index in [0.29, 0.717) is 18.8 Å². The number of benzene rings is 1. The number of ether oxygens (including phenoxy) is 1. The standard InChI is InChI=1S/C17H18N4O2/c1-10-7-16(20-19-10)17(22)21-6-5-15-13(9-21)12-8-11(23-2)3-4-14(12)18-15/h3-4,7-8,18H,5-6,9H2,1-2H3,(H,19,20). The lowest BCUT2D eigenvalue weighted by atomic mass is 10.0. The summed E-state index contributed by atoms with van der Waals surface area (Å²) in [6, 6.07) is 7.78. The van der Waals surface area contributed by atoms with Crippen LogP contribution in [-0.2, 0) is 13.0 Å². The van der Waals surface area contributed by atoms with Gasteiger partial charge in [0.1, 0.15) is 11.4 Å². The van der Waals surface area contributed by atoms with Gasteiger partial charge in [-0.25, -0.2) is 0 Å². The van der Waals surface area contributed by atoms with Gasteiger partial charge in [0.15, 0.2) is 0 Å². The number of hydrogen-bond donors (Lipinski definition) is 2. The summed E-state index contributed by atoms with van der Waals surface area (Å²) in [5, 5.41) is 8.03. The molecule has 0 fully saturated rings. The Morgan fingerprint density at radius 1 is 1.35 bits per heavy atom. The van der Waals surface area contributed by atoms with Crippen LogP contribution in [0.4, 0.5) is 0 Å². The maximum atomic E-state index is 12.6. The van der Waals surface area contributed by atoms with Gasteiger partial charge in [-0.1, -0.05) is 0 Å². The normalized spacial score (nSPS) is 14.1. The van der Waals surface area contributed by atoms with Gasteiger partial charge in [-0.2, -0.15) is 5.10 Å². The molecule has 0 radical (unpaired) electrons. The van der Waals surface area contributed by atoms with Crippen LogP contribution in [0.5, 0.6) is 5.75 Å². The molecule has 23 heavy (non-hydrogen) atoms. The number of amides is 1. The van der Waals surface area contributed by atoms with E-state index in [4.69, 9.17) is 4.74 Å². The van der Waals surface area contributed by atoms with E-state index in [0.717, 1.165) is 28.8 Å². The van der Waals surface area contributed by atoms with E-state index < -0.39 is 0 Å². The third-order valence-corrected chi connectivity index (χ3v) is 4.39. The second kappa shape index (κ2) is 5.15. The topological polar surface area (TPSA) is 74.0 Å². The third-order valence-electron chi connectivity index (χ3n) is 4.39. The van der Waals surface area contributed by atoms with Gasteiger partial charge in [-0.3, -0.25) is 9.89 Å². The highest BCUT2D eigenvalue weighted by Gasteiger charge is 2.26. The number of H-pyrrole nitrogens is 2. The number of aromatic nitrogens is 3. The molecule has 0 bridgehead atoms. The smallest absolute Gasteiger partial charge is 0.274 e. The number of carbonyl (C=O) groups excluding carboxylic acids is 1. The minimum absolute atomic E-state index is 0.0303. The molecule has 0 unspecified atom stereocenters. The van der Waals surface area contributed by atoms with Crippen molar-refractivity contribution in [2.24, 2.45) is 0 Å². The van der Waals surface area contributed by atoms with Crippen LogP contribution in [0.1, 0.15) is 27.4 Å². The molecule has 0 saturated heterocycles. The Morgan fingerprint density at radius 2 is 2.22 bits per heavy atom. The number of hydrogen-bond acceptors (Lipinski definition) is 3. The van der Waals surface area contributed by atoms with Crippen molar-refractivity contribution >= 4 is 16.8 Å². The number of nitrogens with one attached hydrogen (secondary N) is 2. The van der Waals surface area contributed by atoms with E-state index in [1.807, 2.05) is 30.0 Å². The number of rotatable bonds is 2. The molecule has 3 aromatic rings. The van der Waals surface area contributed by atoms with E-state index in [1.165, 1.54) is 11.3 Å². The molecule has 0 atom stereocenters. The molecule has 1 amide bonds. The van der Waals surface area contributed by atoms with E-state index in [9.17, 15) is 4.79 Å². The van der Waals surface area contributed by atoms with Crippen LogP contribution in [0.25, 0.3) is 10.9 Å². The van der Waals surface area contributed by atoms with Gasteiger partial charge < -0.3 is 14.6 Å². The molecule has 2 aromatic heterocycles. The zero-order valence-corrected chi connectivity index (χ0v) is 13.1. The lowest BCUT2D eigenvalue weighted by molar-refractivity contribution is 0.0729. The number of carbonyl (C=O) groups is 1. The summed E-state index contributed by atoms with van der Waals surface area (Å²) in [6.07, 6.45) is 0.821. The second-order valence-corrected chi connectivity index (χ2v) is 5.91. The Morgan fingerprint density at radius 3 is 2.96 bits per heavy atom. The second-order valence-electron chi connectivity index (χ2n) is 5.91. The Bertz CT molecular complexity index is 893. The zero-order chi connectivity index (χ0) is 16.0. The summed E-state index contributed by atoms with van der Waals surface area (Å²) in [5.41, 5.74) is 4.83. The van der Waals surface area contributed by atoms with Crippen LogP contribution in [0.2, 0.25) is 0 Å². The molecule has 3 heterocycles. The summed E-state index contributed by atoms with van der Waals surface area (Å²) < 4.78 is 5.32. The fourth-order valence-corrected chi connectivity index (χ4v) is 3.18. The van der Waals surface area contributed by atoms with Crippen LogP contribution >= 0.6 is 0 Å². The molecular formula is C17H18N4O2. The van der Waals surface area contributed by atoms with Crippen molar-refractivity contribution in [2.45, 2.75) is 19.9 Å². The first kappa shape index (κ1) is 13.9. The summed E-state index contributed by atoms with van der Waals surface area (Å²) in [4.78, 5) is 17.9. The minimum Gasteiger partial charge on any atom is -0.497 e. The van der Waals surface area contributed by atoms with E-state index in [1.54, 1.807) is 13.2 Å². The average Bonchev–Trinajstić information content (AvgIpc) is 3.16. The number of nitrogens with zero attached hydrogens (tertiary/aromatic N) is 2. The van der Waals surface area contributed by atoms with Crippen LogP contribution in [0, 0.1) is 6.92 Å². The fraction of sp³-hybridized carbons (Fsp3) is 0.294. The predicted octanol–water partition coefficient (Wildman–Crippen LogP) is 2.41. The van der Waals surface area contributed by atoms with Crippen molar-refractivity contribution in [2.75, 3.05) is 13.7 Å². The molecule has 0 aliphatic carbocycles. The number of aryl methyl sites for hydroxylation is 1. The van der Waals surface area contributed by atoms with Gasteiger partial charge in [0, 0.05) is 47.4 Å². The molecule has 1 aliphatic heterocycles. The van der Waals surface area contributed by atoms with E-state index >= 15 is 0 Å². The molecule has 0 saturated carbocycles. The van der Waals surface area contributed by atoms with Crippen molar-refractivity contribution in [1.82, 2.24) is 20.1 Å². The molecule has 1 aliphatic rings. The summed E-state index contributed by atoms with van der Waals surface area (Å²) in [6.45, 7) is 3.18. The SMILES string of the molecule is COc1ccc2[nH]c3c(c2c1)CN(C(=O)c1cc(C)[nH]n1)CC3. The minimum atomic E-state index is -0.0303. The van der Waals surface area contributed by atoms with Crippen LogP contribution in [0.3, 0.4) is 0 Å². The molecule has 6 heteroatoms. The Labute approximate surface area is 133 Å². The number of methoxy groups -OCH3 is 1. The molecular weight excluding hydrogens is 292 g/mol. The van der Waals surface area contributed by atoms with Crippen LogP contribution in [0.15, 0.2) is 24.3 Å². The predicted molar refractivity (Wildman–Crippen MR) is 86.6 cm³/mol. The van der Waals surface area contributed by atoms with Crippen molar-refractivity contribution in [3.8, 4) is 5.75 Å². The molecule has 118 valence electrons. The van der Waals surface area contributed by atoms with Gasteiger partial charge in [0.05, 0.1) is 7.11 Å². The highest BCUT2D eigenvalue weighted by atomic mass is 16.5. The number of fused-ring (bicyclic) bond motifs is 3. The third kappa shape index (κ3) is 2.27. The van der Waals surface area contributed by atoms with Crippen LogP contribution in [-0.4, -0.2) is 39.6 Å². The molecule has 1 aromatic carbocycles. The maximum Gasteiger partial charge on any atom is 0.274 e. The van der Waals surface area contributed by atoms with E-state index in [-0.39, 0.29) is 5.91 Å². The number of aromatic amines is 2. The van der Waals surface area contributed by atoms with Crippen molar-refractivity contribution < 1.29 is 9.53 Å². The van der Waals surface area contributed by atoms with Crippen molar-refractivity contribution in [3.05, 3.63) is 46.9 Å². The largest absolute Gasteiger partial charge is 0.497 e. The Hall–Kier alpha value is -2.76. The molecule has 0 spiro atoms. The quantitative estimate of drug-likeness (QED) is 0.763. The van der Waals surface area contributed by atoms with Crippen molar-refractivity contribution in [3.63, 3.8) is 0 Å². The first-order chi connectivity index (χ1) is 11.2. The molecule has 6 nitrogen and oxygen atoms in total. The Kier molecular flexibility index (Phi) is 3.11. The first-order valence-corrected chi connectivity index (χ1v) is 7.64. The summed E-state index contributed by atoms with van der Waals surface area (Å²) >= 11 is 0. The molecule has 4 rings (SSSR count). The van der Waals surface area contributed by atoms with Crippen molar-refractivity contribution in [1.29, 1.82) is 0 Å². The maximum absolute atomic E-state index is 12.6. The van der Waals surface area contributed by atoms with Gasteiger partial charge in [0.25, 0.3) is 5.91 Å². The first-order valence-electron chi connectivity index (χ1n) is 7.64. The lowest BCUT2D eigenvalue weighted by Crippen LogP contribution is -2.36. The summed E-state index contributed by atoms with van der Waals surface area (Å²) in [7, 11) is 1.66. The zero-order valence-electron chi connectivity index (χ0n) is 13.1. The van der Waals surface area contributed by atoms with Gasteiger partial charge >= 0.3 is 0 Å². The highest BCUT2D eigenvalue weighted by Crippen LogP contribution is 2.30. The highest BCUT2D eigenvalue weighted by molar-refractivity contribution is 5.93. The average molecular weight is 310 g/mol. The lowest BCUT2D eigenvalue weighted by Gasteiger charge is -2.26. The Balaban J connectivity index is 1.69. The van der Waals surface area contributed by atoms with Crippen LogP contribution < -0.4 is 4.74 Å². The van der Waals surface area contributed by atoms with E-state index in [2.05, 4.69) is 15.2 Å². The molecule has 2 N–H and O–H groups in total. The van der Waals surface area contributed by atoms with Gasteiger partial charge in [0.2, 0.25) is 0 Å².